The third-order valence-electron chi connectivity index (χ3n) is 4.52. The first-order chi connectivity index (χ1) is 13.5. The molecule has 8 heteroatoms. The van der Waals surface area contributed by atoms with E-state index in [4.69, 9.17) is 16.3 Å². The number of halogens is 1. The Kier molecular flexibility index (Phi) is 5.30. The summed E-state index contributed by atoms with van der Waals surface area (Å²) in [7, 11) is 0. The third kappa shape index (κ3) is 3.73. The van der Waals surface area contributed by atoms with E-state index in [2.05, 4.69) is 4.98 Å². The summed E-state index contributed by atoms with van der Waals surface area (Å²) in [6.45, 7) is 4.15. The van der Waals surface area contributed by atoms with Crippen LogP contribution in [0.5, 0.6) is 0 Å². The van der Waals surface area contributed by atoms with Crippen LogP contribution in [0.15, 0.2) is 35.3 Å². The minimum absolute atomic E-state index is 0.0315. The quantitative estimate of drug-likeness (QED) is 0.658. The summed E-state index contributed by atoms with van der Waals surface area (Å²) >= 11 is 7.43. The largest absolute Gasteiger partial charge is 0.378 e. The summed E-state index contributed by atoms with van der Waals surface area (Å²) < 4.78 is 6.62. The SMILES string of the molecule is Cc1ccc(/C=C/c2nc3sc(C(=O)N4CCOCC4)cn3c(=O)c2Cl)cc1. The van der Waals surface area contributed by atoms with Crippen molar-refractivity contribution in [2.45, 2.75) is 6.92 Å². The molecule has 1 aliphatic heterocycles. The van der Waals surface area contributed by atoms with Gasteiger partial charge in [-0.15, -0.1) is 0 Å². The highest BCUT2D eigenvalue weighted by Gasteiger charge is 2.22. The van der Waals surface area contributed by atoms with E-state index in [-0.39, 0.29) is 16.5 Å². The molecule has 144 valence electrons. The number of thiazole rings is 1. The predicted octanol–water partition coefficient (Wildman–Crippen LogP) is 3.36. The molecule has 1 fully saturated rings. The van der Waals surface area contributed by atoms with E-state index >= 15 is 0 Å². The molecular formula is C20H18ClN3O3S. The minimum atomic E-state index is -0.382. The number of benzene rings is 1. The van der Waals surface area contributed by atoms with Gasteiger partial charge in [-0.05, 0) is 18.6 Å². The van der Waals surface area contributed by atoms with Gasteiger partial charge in [0.15, 0.2) is 4.96 Å². The summed E-state index contributed by atoms with van der Waals surface area (Å²) in [5.74, 6) is -0.119. The van der Waals surface area contributed by atoms with Crippen LogP contribution in [-0.2, 0) is 4.74 Å². The van der Waals surface area contributed by atoms with Gasteiger partial charge in [-0.3, -0.25) is 14.0 Å². The van der Waals surface area contributed by atoms with Gasteiger partial charge in [0.1, 0.15) is 9.90 Å². The molecular weight excluding hydrogens is 398 g/mol. The van der Waals surface area contributed by atoms with Crippen molar-refractivity contribution in [3.8, 4) is 0 Å². The standard InChI is InChI=1S/C20H18ClN3O3S/c1-13-2-4-14(5-3-13)6-7-15-17(21)19(26)24-12-16(28-20(24)22-15)18(25)23-8-10-27-11-9-23/h2-7,12H,8-11H2,1H3/b7-6+. The molecule has 0 aliphatic carbocycles. The molecule has 0 unspecified atom stereocenters. The zero-order chi connectivity index (χ0) is 19.7. The van der Waals surface area contributed by atoms with Crippen molar-refractivity contribution in [1.29, 1.82) is 0 Å². The van der Waals surface area contributed by atoms with Crippen LogP contribution in [-0.4, -0.2) is 46.5 Å². The van der Waals surface area contributed by atoms with Crippen molar-refractivity contribution >= 4 is 46.0 Å². The smallest absolute Gasteiger partial charge is 0.277 e. The number of rotatable bonds is 3. The van der Waals surface area contributed by atoms with Crippen LogP contribution < -0.4 is 5.56 Å². The summed E-state index contributed by atoms with van der Waals surface area (Å²) in [6, 6.07) is 7.98. The summed E-state index contributed by atoms with van der Waals surface area (Å²) in [5.41, 5.74) is 2.16. The molecule has 1 aromatic carbocycles. The average molecular weight is 416 g/mol. The van der Waals surface area contributed by atoms with Crippen LogP contribution in [0.4, 0.5) is 0 Å². The lowest BCUT2D eigenvalue weighted by molar-refractivity contribution is 0.0306. The molecule has 0 radical (unpaired) electrons. The van der Waals surface area contributed by atoms with Crippen molar-refractivity contribution in [1.82, 2.24) is 14.3 Å². The highest BCUT2D eigenvalue weighted by molar-refractivity contribution is 7.18. The van der Waals surface area contributed by atoms with Gasteiger partial charge in [0.05, 0.1) is 18.9 Å². The Labute approximate surface area is 170 Å². The number of carbonyl (C=O) groups is 1. The van der Waals surface area contributed by atoms with Crippen molar-refractivity contribution < 1.29 is 9.53 Å². The fourth-order valence-corrected chi connectivity index (χ4v) is 4.07. The van der Waals surface area contributed by atoms with Gasteiger partial charge in [0.25, 0.3) is 11.5 Å². The van der Waals surface area contributed by atoms with Crippen molar-refractivity contribution in [2.24, 2.45) is 0 Å². The fourth-order valence-electron chi connectivity index (χ4n) is 2.92. The Balaban J connectivity index is 1.67. The Morgan fingerprint density at radius 3 is 2.64 bits per heavy atom. The zero-order valence-corrected chi connectivity index (χ0v) is 16.8. The van der Waals surface area contributed by atoms with Gasteiger partial charge in [-0.1, -0.05) is 58.8 Å². The lowest BCUT2D eigenvalue weighted by atomic mass is 10.1. The molecule has 1 amide bonds. The molecule has 1 saturated heterocycles. The number of carbonyl (C=O) groups excluding carboxylic acids is 1. The molecule has 3 aromatic rings. The monoisotopic (exact) mass is 415 g/mol. The molecule has 0 atom stereocenters. The highest BCUT2D eigenvalue weighted by atomic mass is 35.5. The van der Waals surface area contributed by atoms with Gasteiger partial charge in [0.2, 0.25) is 0 Å². The second-order valence-corrected chi connectivity index (χ2v) is 7.90. The van der Waals surface area contributed by atoms with Crippen LogP contribution in [0.2, 0.25) is 5.02 Å². The molecule has 0 bridgehead atoms. The van der Waals surface area contributed by atoms with Crippen LogP contribution >= 0.6 is 22.9 Å². The summed E-state index contributed by atoms with van der Waals surface area (Å²) in [4.78, 5) is 32.4. The van der Waals surface area contributed by atoms with E-state index in [1.807, 2.05) is 37.3 Å². The maximum Gasteiger partial charge on any atom is 0.277 e. The van der Waals surface area contributed by atoms with E-state index in [0.717, 1.165) is 5.56 Å². The van der Waals surface area contributed by atoms with Crippen molar-refractivity contribution in [2.75, 3.05) is 26.3 Å². The van der Waals surface area contributed by atoms with Crippen LogP contribution in [0.3, 0.4) is 0 Å². The third-order valence-corrected chi connectivity index (χ3v) is 5.85. The van der Waals surface area contributed by atoms with E-state index in [9.17, 15) is 9.59 Å². The second kappa shape index (κ2) is 7.87. The molecule has 1 aliphatic rings. The minimum Gasteiger partial charge on any atom is -0.378 e. The lowest BCUT2D eigenvalue weighted by Crippen LogP contribution is -2.40. The Bertz CT molecular complexity index is 1110. The molecule has 3 heterocycles. The van der Waals surface area contributed by atoms with Crippen molar-refractivity contribution in [3.05, 3.63) is 67.5 Å². The number of ether oxygens (including phenoxy) is 1. The maximum absolute atomic E-state index is 12.7. The molecule has 28 heavy (non-hydrogen) atoms. The normalized spacial score (nSPS) is 14.9. The Morgan fingerprint density at radius 2 is 1.93 bits per heavy atom. The van der Waals surface area contributed by atoms with Crippen LogP contribution in [0.25, 0.3) is 17.1 Å². The number of nitrogens with zero attached hydrogens (tertiary/aromatic N) is 3. The van der Waals surface area contributed by atoms with E-state index in [1.54, 1.807) is 11.0 Å². The number of hydrogen-bond acceptors (Lipinski definition) is 5. The number of morpholine rings is 1. The van der Waals surface area contributed by atoms with Gasteiger partial charge in [-0.2, -0.15) is 0 Å². The second-order valence-electron chi connectivity index (χ2n) is 6.51. The predicted molar refractivity (Wildman–Crippen MR) is 111 cm³/mol. The average Bonchev–Trinajstić information content (AvgIpc) is 3.15. The summed E-state index contributed by atoms with van der Waals surface area (Å²) in [5, 5.41) is 0.0315. The molecule has 0 N–H and O–H groups in total. The van der Waals surface area contributed by atoms with Gasteiger partial charge in [0, 0.05) is 19.3 Å². The molecule has 4 rings (SSSR count). The number of fused-ring (bicyclic) bond motifs is 1. The molecule has 6 nitrogen and oxygen atoms in total. The first-order valence-corrected chi connectivity index (χ1v) is 10.1. The van der Waals surface area contributed by atoms with E-state index in [1.165, 1.54) is 27.5 Å². The number of amides is 1. The van der Waals surface area contributed by atoms with Crippen LogP contribution in [0, 0.1) is 6.92 Å². The Morgan fingerprint density at radius 1 is 1.21 bits per heavy atom. The first kappa shape index (κ1) is 18.9. The van der Waals surface area contributed by atoms with Gasteiger partial charge >= 0.3 is 0 Å². The topological polar surface area (TPSA) is 63.9 Å². The Hall–Kier alpha value is -2.48. The highest BCUT2D eigenvalue weighted by Crippen LogP contribution is 2.21. The number of aryl methyl sites for hydroxylation is 1. The first-order valence-electron chi connectivity index (χ1n) is 8.86. The number of aromatic nitrogens is 2. The molecule has 0 saturated carbocycles. The lowest BCUT2D eigenvalue weighted by Gasteiger charge is -2.26. The molecule has 2 aromatic heterocycles. The fraction of sp³-hybridized carbons (Fsp3) is 0.250. The molecule has 0 spiro atoms. The van der Waals surface area contributed by atoms with E-state index < -0.39 is 0 Å². The maximum atomic E-state index is 12.7. The van der Waals surface area contributed by atoms with Crippen molar-refractivity contribution in [3.63, 3.8) is 0 Å². The van der Waals surface area contributed by atoms with Crippen LogP contribution in [0.1, 0.15) is 26.5 Å². The number of hydrogen-bond donors (Lipinski definition) is 0. The summed E-state index contributed by atoms with van der Waals surface area (Å²) in [6.07, 6.45) is 5.10. The zero-order valence-electron chi connectivity index (χ0n) is 15.2. The van der Waals surface area contributed by atoms with E-state index in [0.29, 0.717) is 41.8 Å². The van der Waals surface area contributed by atoms with Gasteiger partial charge < -0.3 is 9.64 Å². The van der Waals surface area contributed by atoms with Gasteiger partial charge in [-0.25, -0.2) is 4.98 Å².